The average molecular weight is 352 g/mol. The summed E-state index contributed by atoms with van der Waals surface area (Å²) in [5.74, 6) is 0.512. The standard InChI is InChI=1S/C16H31F3N4O/c17-16(18,19)13-7-3-11(15(21)23-13)4-8-14(24)22-9-10-1-5-12(20)6-2-10/h10-15,22-24H,1-9,20-21H2. The van der Waals surface area contributed by atoms with Gasteiger partial charge in [-0.1, -0.05) is 0 Å². The fourth-order valence-electron chi connectivity index (χ4n) is 3.76. The van der Waals surface area contributed by atoms with E-state index in [0.29, 0.717) is 31.2 Å². The Morgan fingerprint density at radius 3 is 2.33 bits per heavy atom. The molecule has 5 nitrogen and oxygen atoms in total. The molecular formula is C16H31F3N4O. The van der Waals surface area contributed by atoms with Crippen LogP contribution in [-0.4, -0.2) is 42.3 Å². The number of nitrogens with one attached hydrogen (secondary N) is 2. The molecule has 0 aromatic rings. The molecule has 1 aliphatic carbocycles. The predicted octanol–water partition coefficient (Wildman–Crippen LogP) is 1.41. The Morgan fingerprint density at radius 2 is 1.75 bits per heavy atom. The smallest absolute Gasteiger partial charge is 0.379 e. The number of hydrogen-bond acceptors (Lipinski definition) is 5. The summed E-state index contributed by atoms with van der Waals surface area (Å²) in [6.07, 6.45) is 0.285. The Labute approximate surface area is 141 Å². The summed E-state index contributed by atoms with van der Waals surface area (Å²) in [6.45, 7) is 0.763. The van der Waals surface area contributed by atoms with Crippen LogP contribution in [0, 0.1) is 11.8 Å². The molecule has 142 valence electrons. The molecule has 0 aromatic heterocycles. The summed E-state index contributed by atoms with van der Waals surface area (Å²) in [7, 11) is 0. The van der Waals surface area contributed by atoms with Crippen molar-refractivity contribution in [3.05, 3.63) is 0 Å². The molecule has 2 fully saturated rings. The molecule has 1 heterocycles. The van der Waals surface area contributed by atoms with E-state index in [-0.39, 0.29) is 12.3 Å². The topological polar surface area (TPSA) is 96.3 Å². The van der Waals surface area contributed by atoms with Crippen LogP contribution in [0.4, 0.5) is 13.2 Å². The van der Waals surface area contributed by atoms with Crippen molar-refractivity contribution in [2.75, 3.05) is 6.54 Å². The molecule has 0 bridgehead atoms. The Bertz CT molecular complexity index is 375. The van der Waals surface area contributed by atoms with Crippen molar-refractivity contribution in [2.45, 2.75) is 82.0 Å². The van der Waals surface area contributed by atoms with Crippen LogP contribution in [0.5, 0.6) is 0 Å². The molecule has 2 aliphatic rings. The molecule has 1 saturated carbocycles. The molecule has 8 heteroatoms. The molecule has 1 aliphatic heterocycles. The summed E-state index contributed by atoms with van der Waals surface area (Å²) >= 11 is 0. The Balaban J connectivity index is 1.62. The zero-order valence-corrected chi connectivity index (χ0v) is 14.1. The number of hydrogen-bond donors (Lipinski definition) is 5. The van der Waals surface area contributed by atoms with Crippen molar-refractivity contribution in [1.82, 2.24) is 10.6 Å². The molecule has 2 rings (SSSR count). The number of aliphatic hydroxyl groups is 1. The molecule has 0 spiro atoms. The van der Waals surface area contributed by atoms with Gasteiger partial charge in [-0.25, -0.2) is 0 Å². The van der Waals surface area contributed by atoms with Crippen LogP contribution in [0.3, 0.4) is 0 Å². The maximum Gasteiger partial charge on any atom is 0.403 e. The predicted molar refractivity (Wildman–Crippen MR) is 86.9 cm³/mol. The fraction of sp³-hybridized carbons (Fsp3) is 1.00. The fourth-order valence-corrected chi connectivity index (χ4v) is 3.76. The van der Waals surface area contributed by atoms with E-state index in [4.69, 9.17) is 11.5 Å². The molecule has 4 atom stereocenters. The number of aliphatic hydroxyl groups excluding tert-OH is 1. The van der Waals surface area contributed by atoms with E-state index in [0.717, 1.165) is 32.2 Å². The third-order valence-corrected chi connectivity index (χ3v) is 5.47. The second kappa shape index (κ2) is 8.80. The van der Waals surface area contributed by atoms with Crippen LogP contribution in [0.25, 0.3) is 0 Å². The van der Waals surface area contributed by atoms with E-state index in [1.165, 1.54) is 0 Å². The number of halogens is 3. The monoisotopic (exact) mass is 352 g/mol. The summed E-state index contributed by atoms with van der Waals surface area (Å²) in [6, 6.07) is -1.20. The molecule has 0 aromatic carbocycles. The van der Waals surface area contributed by atoms with Crippen LogP contribution < -0.4 is 22.1 Å². The quantitative estimate of drug-likeness (QED) is 0.466. The lowest BCUT2D eigenvalue weighted by atomic mass is 9.86. The van der Waals surface area contributed by atoms with E-state index in [9.17, 15) is 18.3 Å². The Morgan fingerprint density at radius 1 is 1.08 bits per heavy atom. The highest BCUT2D eigenvalue weighted by Crippen LogP contribution is 2.31. The SMILES string of the molecule is NC1CCC(CNC(O)CCC2CCC(C(F)(F)F)NC2N)CC1. The molecule has 1 saturated heterocycles. The molecular weight excluding hydrogens is 321 g/mol. The number of alkyl halides is 3. The highest BCUT2D eigenvalue weighted by molar-refractivity contribution is 4.87. The van der Waals surface area contributed by atoms with Gasteiger partial charge in [-0.15, -0.1) is 0 Å². The minimum atomic E-state index is -4.24. The van der Waals surface area contributed by atoms with Crippen molar-refractivity contribution in [1.29, 1.82) is 0 Å². The van der Waals surface area contributed by atoms with Crippen LogP contribution >= 0.6 is 0 Å². The van der Waals surface area contributed by atoms with Crippen LogP contribution in [0.2, 0.25) is 0 Å². The molecule has 7 N–H and O–H groups in total. The lowest BCUT2D eigenvalue weighted by molar-refractivity contribution is -0.166. The molecule has 0 radical (unpaired) electrons. The third kappa shape index (κ3) is 6.15. The molecule has 24 heavy (non-hydrogen) atoms. The van der Waals surface area contributed by atoms with Gasteiger partial charge >= 0.3 is 6.18 Å². The first kappa shape index (κ1) is 19.9. The second-order valence-corrected chi connectivity index (χ2v) is 7.41. The Hall–Kier alpha value is -0.410. The summed E-state index contributed by atoms with van der Waals surface area (Å²) in [5, 5.41) is 15.6. The maximum atomic E-state index is 12.7. The van der Waals surface area contributed by atoms with E-state index in [2.05, 4.69) is 10.6 Å². The lowest BCUT2D eigenvalue weighted by Gasteiger charge is -2.36. The van der Waals surface area contributed by atoms with Crippen molar-refractivity contribution >= 4 is 0 Å². The highest BCUT2D eigenvalue weighted by Gasteiger charge is 2.43. The first-order chi connectivity index (χ1) is 11.3. The first-order valence-corrected chi connectivity index (χ1v) is 9.01. The number of rotatable bonds is 6. The van der Waals surface area contributed by atoms with E-state index >= 15 is 0 Å². The normalized spacial score (nSPS) is 36.5. The summed E-state index contributed by atoms with van der Waals surface area (Å²) in [5.41, 5.74) is 11.7. The van der Waals surface area contributed by atoms with Crippen LogP contribution in [-0.2, 0) is 0 Å². The van der Waals surface area contributed by atoms with Crippen molar-refractivity contribution < 1.29 is 18.3 Å². The van der Waals surface area contributed by atoms with Gasteiger partial charge < -0.3 is 16.6 Å². The molecule has 0 amide bonds. The van der Waals surface area contributed by atoms with Crippen molar-refractivity contribution in [2.24, 2.45) is 23.3 Å². The number of piperidine rings is 1. The first-order valence-electron chi connectivity index (χ1n) is 9.01. The summed E-state index contributed by atoms with van der Waals surface area (Å²) in [4.78, 5) is 0. The highest BCUT2D eigenvalue weighted by atomic mass is 19.4. The minimum Gasteiger partial charge on any atom is -0.379 e. The average Bonchev–Trinajstić information content (AvgIpc) is 2.52. The molecule has 4 unspecified atom stereocenters. The lowest BCUT2D eigenvalue weighted by Crippen LogP contribution is -2.57. The van der Waals surface area contributed by atoms with Gasteiger partial charge in [0.2, 0.25) is 0 Å². The van der Waals surface area contributed by atoms with Crippen molar-refractivity contribution in [3.63, 3.8) is 0 Å². The zero-order chi connectivity index (χ0) is 17.7. The largest absolute Gasteiger partial charge is 0.403 e. The Kier molecular flexibility index (Phi) is 7.30. The van der Waals surface area contributed by atoms with Crippen LogP contribution in [0.1, 0.15) is 51.4 Å². The van der Waals surface area contributed by atoms with Gasteiger partial charge in [0, 0.05) is 12.6 Å². The van der Waals surface area contributed by atoms with Crippen LogP contribution in [0.15, 0.2) is 0 Å². The van der Waals surface area contributed by atoms with Gasteiger partial charge in [-0.2, -0.15) is 13.2 Å². The second-order valence-electron chi connectivity index (χ2n) is 7.41. The van der Waals surface area contributed by atoms with E-state index in [1.807, 2.05) is 0 Å². The maximum absolute atomic E-state index is 12.7. The van der Waals surface area contributed by atoms with Gasteiger partial charge in [-0.3, -0.25) is 10.6 Å². The number of nitrogens with two attached hydrogens (primary N) is 2. The van der Waals surface area contributed by atoms with Gasteiger partial charge in [0.1, 0.15) is 12.3 Å². The minimum absolute atomic E-state index is 0.0345. The zero-order valence-electron chi connectivity index (χ0n) is 14.1. The van der Waals surface area contributed by atoms with Gasteiger partial charge in [-0.05, 0) is 63.2 Å². The van der Waals surface area contributed by atoms with Crippen molar-refractivity contribution in [3.8, 4) is 0 Å². The van der Waals surface area contributed by atoms with Gasteiger partial charge in [0.15, 0.2) is 0 Å². The van der Waals surface area contributed by atoms with E-state index < -0.39 is 24.6 Å². The van der Waals surface area contributed by atoms with Gasteiger partial charge in [0.05, 0.1) is 6.17 Å². The third-order valence-electron chi connectivity index (χ3n) is 5.47. The summed E-state index contributed by atoms with van der Waals surface area (Å²) < 4.78 is 38.0. The van der Waals surface area contributed by atoms with Gasteiger partial charge in [0.25, 0.3) is 0 Å². The van der Waals surface area contributed by atoms with E-state index in [1.54, 1.807) is 0 Å².